The van der Waals surface area contributed by atoms with Crippen LogP contribution in [0, 0.1) is 17.8 Å². The number of aliphatic carboxylic acids is 4. The highest BCUT2D eigenvalue weighted by Gasteiger charge is 2.36. The first-order chi connectivity index (χ1) is 29.4. The molecule has 0 radical (unpaired) electrons. The van der Waals surface area contributed by atoms with Gasteiger partial charge in [-0.1, -0.05) is 26.0 Å². The average molecular weight is 881 g/mol. The smallest absolute Gasteiger partial charge is 0.317 e. The standard InChI is InChI=1S/C39H60N8O15/c1-25(2)17-29-28(38(59)44-61)5-3-16-62-27-8-6-26(7-9-27)18-30(43-37(29)58)39(60)42-19-31(48)40-10-4-11-41-32(49)20-46(22-34(52)53)14-12-45(21-33(50)51)13-15-47(23-35(54)55)24-36(56)57/h6-9,25,28-30,61H,3-5,10-24H2,1-2H3,(H,40,48)(H,41,49)(H,42,60)(H,43,58)(H,44,59)(H,50,51)(H,52,53)(H,54,55)(H,56,57)/t28-,29+,30-/m0/s1. The third-order valence-electron chi connectivity index (χ3n) is 9.61. The van der Waals surface area contributed by atoms with Gasteiger partial charge < -0.3 is 46.4 Å². The molecule has 1 aromatic carbocycles. The Kier molecular flexibility index (Phi) is 23.5. The van der Waals surface area contributed by atoms with Crippen LogP contribution in [0.2, 0.25) is 0 Å². The third-order valence-corrected chi connectivity index (χ3v) is 9.61. The molecule has 3 rings (SSSR count). The Hall–Kier alpha value is -5.91. The first-order valence-electron chi connectivity index (χ1n) is 20.2. The number of carboxylic acid groups (broad SMARTS) is 4. The second-order valence-electron chi connectivity index (χ2n) is 15.3. The maximum Gasteiger partial charge on any atom is 0.317 e. The van der Waals surface area contributed by atoms with Crippen molar-refractivity contribution < 1.29 is 73.5 Å². The molecular formula is C39H60N8O15. The zero-order valence-electron chi connectivity index (χ0n) is 35.0. The summed E-state index contributed by atoms with van der Waals surface area (Å²) in [6.45, 7) is 0.847. The van der Waals surface area contributed by atoms with Crippen LogP contribution in [0.1, 0.15) is 45.1 Å². The lowest BCUT2D eigenvalue weighted by Gasteiger charge is -2.28. The molecule has 2 heterocycles. The largest absolute Gasteiger partial charge is 0.494 e. The zero-order chi connectivity index (χ0) is 46.2. The Morgan fingerprint density at radius 1 is 0.726 bits per heavy atom. The molecule has 10 N–H and O–H groups in total. The van der Waals surface area contributed by atoms with Gasteiger partial charge in [-0.25, -0.2) is 5.48 Å². The van der Waals surface area contributed by atoms with Crippen LogP contribution in [0.15, 0.2) is 24.3 Å². The highest BCUT2D eigenvalue weighted by atomic mass is 16.5. The molecule has 346 valence electrons. The van der Waals surface area contributed by atoms with Crippen molar-refractivity contribution in [3.8, 4) is 5.75 Å². The minimum Gasteiger partial charge on any atom is -0.494 e. The third kappa shape index (κ3) is 21.6. The SMILES string of the molecule is CC(C)C[C@H]1C(=O)N[C@H](C(=O)NCC(=O)NCCCNC(=O)CN(CCN(CCN(CC(=O)O)CC(=O)O)CC(=O)O)CC(=O)O)Cc2ccc(cc2)OCCC[C@@H]1C(=O)NO. The van der Waals surface area contributed by atoms with Crippen LogP contribution in [0.4, 0.5) is 0 Å². The minimum absolute atomic E-state index is 0.0102. The first kappa shape index (κ1) is 52.2. The van der Waals surface area contributed by atoms with Crippen molar-refractivity contribution in [2.24, 2.45) is 17.8 Å². The van der Waals surface area contributed by atoms with Crippen molar-refractivity contribution >= 4 is 53.4 Å². The Morgan fingerprint density at radius 2 is 1.24 bits per heavy atom. The van der Waals surface area contributed by atoms with Gasteiger partial charge >= 0.3 is 23.9 Å². The summed E-state index contributed by atoms with van der Waals surface area (Å²) in [5.74, 6) is -9.33. The molecule has 3 atom stereocenters. The van der Waals surface area contributed by atoms with E-state index in [1.807, 2.05) is 13.8 Å². The number of rotatable bonds is 26. The van der Waals surface area contributed by atoms with E-state index >= 15 is 0 Å². The Bertz CT molecular complexity index is 1660. The summed E-state index contributed by atoms with van der Waals surface area (Å²) in [5, 5.41) is 56.8. The summed E-state index contributed by atoms with van der Waals surface area (Å²) >= 11 is 0. The molecular weight excluding hydrogens is 820 g/mol. The van der Waals surface area contributed by atoms with E-state index in [4.69, 9.17) is 14.9 Å². The molecule has 2 bridgehead atoms. The monoisotopic (exact) mass is 880 g/mol. The fraction of sp³-hybridized carbons (Fsp3) is 0.615. The van der Waals surface area contributed by atoms with E-state index in [1.165, 1.54) is 9.80 Å². The molecule has 0 fully saturated rings. The van der Waals surface area contributed by atoms with Crippen molar-refractivity contribution in [3.63, 3.8) is 0 Å². The number of hydroxylamine groups is 1. The van der Waals surface area contributed by atoms with Gasteiger partial charge in [0.15, 0.2) is 0 Å². The van der Waals surface area contributed by atoms with Crippen LogP contribution in [-0.2, 0) is 49.6 Å². The molecule has 1 aromatic rings. The number of benzene rings is 1. The molecule has 0 saturated heterocycles. The topological polar surface area (TPSA) is 334 Å². The maximum atomic E-state index is 13.7. The molecule has 0 spiro atoms. The summed E-state index contributed by atoms with van der Waals surface area (Å²) in [7, 11) is 0. The molecule has 23 nitrogen and oxygen atoms in total. The van der Waals surface area contributed by atoms with Crippen LogP contribution >= 0.6 is 0 Å². The zero-order valence-corrected chi connectivity index (χ0v) is 35.0. The summed E-state index contributed by atoms with van der Waals surface area (Å²) in [4.78, 5) is 114. The van der Waals surface area contributed by atoms with Crippen molar-refractivity contribution in [2.75, 3.05) is 85.1 Å². The Balaban J connectivity index is 1.93. The number of hydrogen-bond acceptors (Lipinski definition) is 14. The van der Waals surface area contributed by atoms with Gasteiger partial charge in [-0.15, -0.1) is 0 Å². The first-order valence-corrected chi connectivity index (χ1v) is 20.2. The predicted molar refractivity (Wildman–Crippen MR) is 217 cm³/mol. The van der Waals surface area contributed by atoms with E-state index in [2.05, 4.69) is 21.3 Å². The molecule has 2 aliphatic rings. The van der Waals surface area contributed by atoms with Gasteiger partial charge in [-0.3, -0.25) is 63.1 Å². The molecule has 62 heavy (non-hydrogen) atoms. The predicted octanol–water partition coefficient (Wildman–Crippen LogP) is -2.35. The minimum atomic E-state index is -1.27. The Morgan fingerprint density at radius 3 is 1.77 bits per heavy atom. The van der Waals surface area contributed by atoms with Gasteiger partial charge in [0, 0.05) is 51.6 Å². The van der Waals surface area contributed by atoms with E-state index in [1.54, 1.807) is 29.7 Å². The number of ether oxygens (including phenoxy) is 1. The number of fused-ring (bicyclic) bond motifs is 11. The van der Waals surface area contributed by atoms with Crippen molar-refractivity contribution in [1.82, 2.24) is 41.4 Å². The normalized spacial score (nSPS) is 16.8. The second kappa shape index (κ2) is 27.8. The van der Waals surface area contributed by atoms with E-state index in [9.17, 15) is 58.6 Å². The van der Waals surface area contributed by atoms with E-state index < -0.39 is 104 Å². The number of amides is 5. The summed E-state index contributed by atoms with van der Waals surface area (Å²) in [6.07, 6.45) is 1.23. The lowest BCUT2D eigenvalue weighted by molar-refractivity contribution is -0.143. The lowest BCUT2D eigenvalue weighted by Crippen LogP contribution is -2.53. The van der Waals surface area contributed by atoms with Crippen LogP contribution in [0.3, 0.4) is 0 Å². The lowest BCUT2D eigenvalue weighted by atomic mass is 9.81. The molecule has 0 aliphatic carbocycles. The molecule has 0 saturated carbocycles. The number of nitrogens with zero attached hydrogens (tertiary/aromatic N) is 3. The number of hydrogen-bond donors (Lipinski definition) is 10. The molecule has 2 aliphatic heterocycles. The van der Waals surface area contributed by atoms with Gasteiger partial charge in [0.2, 0.25) is 29.5 Å². The molecule has 0 aromatic heterocycles. The fourth-order valence-electron chi connectivity index (χ4n) is 6.68. The van der Waals surface area contributed by atoms with Gasteiger partial charge in [-0.2, -0.15) is 0 Å². The molecule has 5 amide bonds. The van der Waals surface area contributed by atoms with Gasteiger partial charge in [0.25, 0.3) is 0 Å². The number of carboxylic acids is 4. The highest BCUT2D eigenvalue weighted by Crippen LogP contribution is 2.27. The number of nitrogens with one attached hydrogen (secondary N) is 5. The number of carbonyl (C=O) groups is 9. The highest BCUT2D eigenvalue weighted by molar-refractivity contribution is 5.93. The van der Waals surface area contributed by atoms with Crippen LogP contribution in [-0.4, -0.2) is 185 Å². The second-order valence-corrected chi connectivity index (χ2v) is 15.3. The average Bonchev–Trinajstić information content (AvgIpc) is 3.18. The van der Waals surface area contributed by atoms with E-state index in [0.717, 1.165) is 4.90 Å². The van der Waals surface area contributed by atoms with Crippen molar-refractivity contribution in [3.05, 3.63) is 29.8 Å². The fourth-order valence-corrected chi connectivity index (χ4v) is 6.68. The summed E-state index contributed by atoms with van der Waals surface area (Å²) in [6, 6.07) is 5.81. The van der Waals surface area contributed by atoms with Gasteiger partial charge in [0.05, 0.1) is 51.8 Å². The van der Waals surface area contributed by atoms with Crippen LogP contribution in [0.5, 0.6) is 5.75 Å². The van der Waals surface area contributed by atoms with Crippen molar-refractivity contribution in [1.29, 1.82) is 0 Å². The number of carbonyl (C=O) groups excluding carboxylic acids is 5. The van der Waals surface area contributed by atoms with Crippen molar-refractivity contribution in [2.45, 2.75) is 52.0 Å². The van der Waals surface area contributed by atoms with E-state index in [0.29, 0.717) is 24.2 Å². The van der Waals surface area contributed by atoms with E-state index in [-0.39, 0.29) is 77.6 Å². The van der Waals surface area contributed by atoms with Gasteiger partial charge in [0.1, 0.15) is 11.8 Å². The Labute approximate surface area is 358 Å². The van der Waals surface area contributed by atoms with Gasteiger partial charge in [-0.05, 0) is 49.3 Å². The van der Waals surface area contributed by atoms with Crippen LogP contribution in [0.25, 0.3) is 0 Å². The molecule has 0 unspecified atom stereocenters. The maximum absolute atomic E-state index is 13.7. The van der Waals surface area contributed by atoms with Crippen LogP contribution < -0.4 is 31.5 Å². The molecule has 23 heteroatoms. The summed E-state index contributed by atoms with van der Waals surface area (Å²) in [5.41, 5.74) is 2.35. The quantitative estimate of drug-likeness (QED) is 0.0265. The summed E-state index contributed by atoms with van der Waals surface area (Å²) < 4.78 is 5.79.